The molecule has 4 rings (SSSR count). The van der Waals surface area contributed by atoms with E-state index in [0.29, 0.717) is 17.3 Å². The monoisotopic (exact) mass is 403 g/mol. The van der Waals surface area contributed by atoms with Gasteiger partial charge in [0.1, 0.15) is 0 Å². The first-order valence-corrected chi connectivity index (χ1v) is 10.4. The summed E-state index contributed by atoms with van der Waals surface area (Å²) in [6.45, 7) is 6.50. The molecule has 0 atom stereocenters. The zero-order valence-electron chi connectivity index (χ0n) is 16.1. The van der Waals surface area contributed by atoms with E-state index >= 15 is 0 Å². The Kier molecular flexibility index (Phi) is 5.57. The molecule has 3 aromatic heterocycles. The number of carbonyl (C=O) groups is 1. The summed E-state index contributed by atoms with van der Waals surface area (Å²) in [4.78, 5) is 20.2. The number of aryl methyl sites for hydroxylation is 1. The molecule has 7 heteroatoms. The Morgan fingerprint density at radius 3 is 2.83 bits per heavy atom. The molecule has 0 spiro atoms. The Balaban J connectivity index is 1.57. The van der Waals surface area contributed by atoms with Gasteiger partial charge in [-0.15, -0.1) is 16.8 Å². The van der Waals surface area contributed by atoms with Crippen LogP contribution in [0.2, 0.25) is 0 Å². The average Bonchev–Trinajstić information content (AvgIpc) is 3.37. The number of ketones is 1. The van der Waals surface area contributed by atoms with Crippen molar-refractivity contribution in [3.05, 3.63) is 72.7 Å². The Bertz CT molecular complexity index is 1160. The number of allylic oxidation sites excluding steroid dienone is 1. The number of rotatable bonds is 8. The van der Waals surface area contributed by atoms with Gasteiger partial charge in [-0.05, 0) is 24.1 Å². The first kappa shape index (κ1) is 19.1. The molecule has 0 saturated heterocycles. The van der Waals surface area contributed by atoms with Crippen molar-refractivity contribution in [3.8, 4) is 11.4 Å². The van der Waals surface area contributed by atoms with Gasteiger partial charge in [-0.3, -0.25) is 14.3 Å². The second-order valence-electron chi connectivity index (χ2n) is 6.55. The lowest BCUT2D eigenvalue weighted by molar-refractivity contribution is 0.102. The number of Topliss-reactive ketones (excluding diaryl/α,β-unsaturated/α-hetero) is 1. The van der Waals surface area contributed by atoms with Gasteiger partial charge in [-0.1, -0.05) is 43.0 Å². The van der Waals surface area contributed by atoms with E-state index in [-0.39, 0.29) is 11.5 Å². The molecule has 0 unspecified atom stereocenters. The van der Waals surface area contributed by atoms with Crippen molar-refractivity contribution in [1.29, 1.82) is 0 Å². The highest BCUT2D eigenvalue weighted by molar-refractivity contribution is 7.99. The molecule has 29 heavy (non-hydrogen) atoms. The summed E-state index contributed by atoms with van der Waals surface area (Å²) < 4.78 is 1.96. The predicted octanol–water partition coefficient (Wildman–Crippen LogP) is 4.54. The van der Waals surface area contributed by atoms with Crippen LogP contribution in [0.25, 0.3) is 22.3 Å². The summed E-state index contributed by atoms with van der Waals surface area (Å²) in [5.41, 5.74) is 3.89. The molecule has 4 aromatic rings. The molecular weight excluding hydrogens is 382 g/mol. The number of fused-ring (bicyclic) bond motifs is 1. The average molecular weight is 404 g/mol. The van der Waals surface area contributed by atoms with E-state index in [1.165, 1.54) is 17.3 Å². The SMILES string of the molecule is C=CCn1c(SCC(=O)c2c[nH]c3c(CC)cccc23)nnc1-c1ccncc1. The summed E-state index contributed by atoms with van der Waals surface area (Å²) in [5, 5.41) is 10.3. The van der Waals surface area contributed by atoms with Crippen molar-refractivity contribution in [3.63, 3.8) is 0 Å². The van der Waals surface area contributed by atoms with E-state index in [9.17, 15) is 4.79 Å². The first-order chi connectivity index (χ1) is 14.2. The molecule has 1 N–H and O–H groups in total. The maximum Gasteiger partial charge on any atom is 0.192 e. The fraction of sp³-hybridized carbons (Fsp3) is 0.182. The lowest BCUT2D eigenvalue weighted by Crippen LogP contribution is -2.05. The molecule has 146 valence electrons. The van der Waals surface area contributed by atoms with Gasteiger partial charge in [0.2, 0.25) is 0 Å². The maximum atomic E-state index is 12.9. The normalized spacial score (nSPS) is 11.1. The highest BCUT2D eigenvalue weighted by Gasteiger charge is 2.18. The van der Waals surface area contributed by atoms with E-state index in [1.807, 2.05) is 35.0 Å². The third-order valence-electron chi connectivity index (χ3n) is 4.78. The standard InChI is InChI=1S/C22H21N5OS/c1-3-12-27-21(16-8-10-23-11-9-16)25-26-22(27)29-14-19(28)18-13-24-20-15(4-2)6-5-7-17(18)20/h3,5-11,13,24H,1,4,12,14H2,2H3. The highest BCUT2D eigenvalue weighted by Crippen LogP contribution is 2.27. The van der Waals surface area contributed by atoms with Crippen molar-refractivity contribution in [2.45, 2.75) is 25.0 Å². The summed E-state index contributed by atoms with van der Waals surface area (Å²) in [6.07, 6.45) is 7.97. The topological polar surface area (TPSA) is 76.5 Å². The number of benzene rings is 1. The van der Waals surface area contributed by atoms with Crippen LogP contribution < -0.4 is 0 Å². The number of thioether (sulfide) groups is 1. The quantitative estimate of drug-likeness (QED) is 0.265. The molecule has 0 amide bonds. The van der Waals surface area contributed by atoms with E-state index in [0.717, 1.165) is 28.7 Å². The summed E-state index contributed by atoms with van der Waals surface area (Å²) >= 11 is 1.39. The number of hydrogen-bond donors (Lipinski definition) is 1. The Labute approximate surface area is 173 Å². The van der Waals surface area contributed by atoms with Crippen LogP contribution in [0.5, 0.6) is 0 Å². The lowest BCUT2D eigenvalue weighted by atomic mass is 10.1. The molecule has 0 aliphatic carbocycles. The van der Waals surface area contributed by atoms with Crippen molar-refractivity contribution >= 4 is 28.4 Å². The smallest absolute Gasteiger partial charge is 0.192 e. The molecular formula is C22H21N5OS. The van der Waals surface area contributed by atoms with E-state index in [1.54, 1.807) is 18.5 Å². The number of hydrogen-bond acceptors (Lipinski definition) is 5. The fourth-order valence-electron chi connectivity index (χ4n) is 3.35. The molecule has 0 fully saturated rings. The molecule has 6 nitrogen and oxygen atoms in total. The molecule has 0 aliphatic heterocycles. The zero-order chi connectivity index (χ0) is 20.2. The Hall–Kier alpha value is -3.19. The number of pyridine rings is 1. The second kappa shape index (κ2) is 8.45. The maximum absolute atomic E-state index is 12.9. The van der Waals surface area contributed by atoms with Crippen LogP contribution in [0.15, 0.2) is 66.7 Å². The van der Waals surface area contributed by atoms with Crippen molar-refractivity contribution in [1.82, 2.24) is 24.7 Å². The highest BCUT2D eigenvalue weighted by atomic mass is 32.2. The van der Waals surface area contributed by atoms with Crippen LogP contribution in [-0.4, -0.2) is 36.3 Å². The fourth-order valence-corrected chi connectivity index (χ4v) is 4.19. The molecule has 3 heterocycles. The van der Waals surface area contributed by atoms with E-state index in [2.05, 4.69) is 39.7 Å². The molecule has 0 saturated carbocycles. The van der Waals surface area contributed by atoms with Crippen LogP contribution in [0, 0.1) is 0 Å². The number of para-hydroxylation sites is 1. The summed E-state index contributed by atoms with van der Waals surface area (Å²) in [6, 6.07) is 9.85. The zero-order valence-corrected chi connectivity index (χ0v) is 16.9. The third kappa shape index (κ3) is 3.73. The minimum atomic E-state index is 0.0631. The number of aromatic amines is 1. The van der Waals surface area contributed by atoms with Crippen LogP contribution in [-0.2, 0) is 13.0 Å². The van der Waals surface area contributed by atoms with E-state index in [4.69, 9.17) is 0 Å². The largest absolute Gasteiger partial charge is 0.360 e. The van der Waals surface area contributed by atoms with Crippen LogP contribution in [0.3, 0.4) is 0 Å². The lowest BCUT2D eigenvalue weighted by Gasteiger charge is -2.07. The number of H-pyrrole nitrogens is 1. The van der Waals surface area contributed by atoms with Crippen molar-refractivity contribution in [2.75, 3.05) is 5.75 Å². The Morgan fingerprint density at radius 2 is 2.07 bits per heavy atom. The predicted molar refractivity (Wildman–Crippen MR) is 116 cm³/mol. The van der Waals surface area contributed by atoms with Gasteiger partial charge >= 0.3 is 0 Å². The first-order valence-electron chi connectivity index (χ1n) is 9.42. The van der Waals surface area contributed by atoms with Crippen LogP contribution in [0.4, 0.5) is 0 Å². The van der Waals surface area contributed by atoms with Gasteiger partial charge in [0.25, 0.3) is 0 Å². The van der Waals surface area contributed by atoms with Crippen molar-refractivity contribution in [2.24, 2.45) is 0 Å². The van der Waals surface area contributed by atoms with Gasteiger partial charge in [0.05, 0.1) is 5.75 Å². The van der Waals surface area contributed by atoms with Gasteiger partial charge in [-0.2, -0.15) is 0 Å². The molecule has 1 aromatic carbocycles. The van der Waals surface area contributed by atoms with Crippen molar-refractivity contribution < 1.29 is 4.79 Å². The summed E-state index contributed by atoms with van der Waals surface area (Å²) in [7, 11) is 0. The van der Waals surface area contributed by atoms with E-state index < -0.39 is 0 Å². The molecule has 0 radical (unpaired) electrons. The number of aromatic nitrogens is 5. The number of nitrogens with one attached hydrogen (secondary N) is 1. The van der Waals surface area contributed by atoms with Gasteiger partial charge in [-0.25, -0.2) is 0 Å². The number of nitrogens with zero attached hydrogens (tertiary/aromatic N) is 4. The van der Waals surface area contributed by atoms with Gasteiger partial charge in [0, 0.05) is 47.2 Å². The molecule has 0 aliphatic rings. The van der Waals surface area contributed by atoms with Gasteiger partial charge in [0.15, 0.2) is 16.8 Å². The summed E-state index contributed by atoms with van der Waals surface area (Å²) in [5.74, 6) is 1.09. The van der Waals surface area contributed by atoms with Crippen LogP contribution >= 0.6 is 11.8 Å². The van der Waals surface area contributed by atoms with Crippen LogP contribution in [0.1, 0.15) is 22.8 Å². The third-order valence-corrected chi connectivity index (χ3v) is 5.75. The number of carbonyl (C=O) groups excluding carboxylic acids is 1. The van der Waals surface area contributed by atoms with Gasteiger partial charge < -0.3 is 4.98 Å². The second-order valence-corrected chi connectivity index (χ2v) is 7.49. The minimum Gasteiger partial charge on any atom is -0.360 e. The molecule has 0 bridgehead atoms. The Morgan fingerprint density at radius 1 is 1.24 bits per heavy atom. The minimum absolute atomic E-state index is 0.0631.